The molecule has 1 aromatic rings. The number of benzene rings is 1. The Morgan fingerprint density at radius 2 is 1.40 bits per heavy atom. The predicted molar refractivity (Wildman–Crippen MR) is 57.6 cm³/mol. The van der Waals surface area contributed by atoms with E-state index in [1.165, 1.54) is 6.92 Å². The van der Waals surface area contributed by atoms with Gasteiger partial charge in [-0.05, 0) is 6.92 Å². The largest absolute Gasteiger partial charge is 0.319 e. The molecule has 0 aliphatic heterocycles. The second-order valence-corrected chi connectivity index (χ2v) is 3.17. The van der Waals surface area contributed by atoms with Crippen LogP contribution in [0.3, 0.4) is 0 Å². The maximum Gasteiger partial charge on any atom is 0.319 e. The number of rotatable bonds is 1. The third-order valence-corrected chi connectivity index (χ3v) is 1.50. The van der Waals surface area contributed by atoms with Gasteiger partial charge in [0.2, 0.25) is 0 Å². The molecule has 0 radical (unpaired) electrons. The van der Waals surface area contributed by atoms with Crippen LogP contribution >= 0.6 is 0 Å². The first-order valence-electron chi connectivity index (χ1n) is 4.05. The van der Waals surface area contributed by atoms with Gasteiger partial charge in [0.15, 0.2) is 0 Å². The molecule has 4 nitrogen and oxygen atoms in total. The Bertz CT molecular complexity index is 414. The summed E-state index contributed by atoms with van der Waals surface area (Å²) >= 11 is 0. The van der Waals surface area contributed by atoms with Crippen molar-refractivity contribution in [2.24, 2.45) is 4.36 Å². The van der Waals surface area contributed by atoms with E-state index in [1.807, 2.05) is 36.4 Å². The van der Waals surface area contributed by atoms with Crippen LogP contribution in [0.15, 0.2) is 52.9 Å². The topological polar surface area (TPSA) is 63.6 Å². The smallest absolute Gasteiger partial charge is 0.266 e. The summed E-state index contributed by atoms with van der Waals surface area (Å²) in [4.78, 5) is 10.3. The summed E-state index contributed by atoms with van der Waals surface area (Å²) in [6, 6.07) is 12.0. The van der Waals surface area contributed by atoms with Crippen LogP contribution in [0, 0.1) is 0 Å². The van der Waals surface area contributed by atoms with Crippen molar-refractivity contribution in [2.75, 3.05) is 0 Å². The molecule has 0 atom stereocenters. The normalized spacial score (nSPS) is 8.07. The molecule has 1 amide bonds. The van der Waals surface area contributed by atoms with Gasteiger partial charge in [0, 0.05) is 5.57 Å². The first-order valence-corrected chi connectivity index (χ1v) is 5.08. The summed E-state index contributed by atoms with van der Waals surface area (Å²) in [5, 5.41) is 0. The van der Waals surface area contributed by atoms with Gasteiger partial charge in [-0.25, -0.2) is 0 Å². The Labute approximate surface area is 90.0 Å². The molecule has 0 heterocycles. The van der Waals surface area contributed by atoms with Crippen LogP contribution in [-0.2, 0) is 15.3 Å². The Morgan fingerprint density at radius 3 is 1.53 bits per heavy atom. The lowest BCUT2D eigenvalue weighted by atomic mass is 10.3. The lowest BCUT2D eigenvalue weighted by molar-refractivity contribution is -0.114. The second-order valence-electron chi connectivity index (χ2n) is 2.55. The standard InChI is InChI=1S/C6H6.C4H5NO3S/c1-2-4-6-5-3-1;1-3(2)4(6)5-9(7)8/h1-6H;1H2,2H3. The van der Waals surface area contributed by atoms with Crippen LogP contribution < -0.4 is 0 Å². The van der Waals surface area contributed by atoms with E-state index < -0.39 is 16.4 Å². The van der Waals surface area contributed by atoms with Crippen molar-refractivity contribution in [2.45, 2.75) is 6.92 Å². The lowest BCUT2D eigenvalue weighted by Crippen LogP contribution is -1.90. The summed E-state index contributed by atoms with van der Waals surface area (Å²) in [5.41, 5.74) is 0.110. The Hall–Kier alpha value is -1.75. The summed E-state index contributed by atoms with van der Waals surface area (Å²) in [7, 11) is -2.65. The van der Waals surface area contributed by atoms with Gasteiger partial charge in [-0.1, -0.05) is 47.3 Å². The third kappa shape index (κ3) is 8.58. The summed E-state index contributed by atoms with van der Waals surface area (Å²) in [6.45, 7) is 4.58. The van der Waals surface area contributed by atoms with E-state index >= 15 is 0 Å². The molecule has 0 saturated carbocycles. The predicted octanol–water partition coefficient (Wildman–Crippen LogP) is 1.84. The average Bonchev–Trinajstić information content (AvgIpc) is 2.20. The molecule has 15 heavy (non-hydrogen) atoms. The average molecular weight is 225 g/mol. The van der Waals surface area contributed by atoms with Crippen LogP contribution in [0.4, 0.5) is 0 Å². The number of amides is 1. The first-order chi connectivity index (χ1) is 7.04. The molecule has 80 valence electrons. The molecule has 0 bridgehead atoms. The molecular weight excluding hydrogens is 214 g/mol. The van der Waals surface area contributed by atoms with Crippen LogP contribution in [-0.4, -0.2) is 14.3 Å². The number of carbonyl (C=O) groups is 1. The third-order valence-electron chi connectivity index (χ3n) is 1.19. The van der Waals surface area contributed by atoms with Crippen molar-refractivity contribution in [1.29, 1.82) is 0 Å². The molecule has 0 aromatic heterocycles. The van der Waals surface area contributed by atoms with Crippen LogP contribution in [0.1, 0.15) is 6.92 Å². The van der Waals surface area contributed by atoms with E-state index in [1.54, 1.807) is 0 Å². The van der Waals surface area contributed by atoms with Gasteiger partial charge in [0.1, 0.15) is 0 Å². The van der Waals surface area contributed by atoms with Gasteiger partial charge in [-0.3, -0.25) is 4.79 Å². The maximum atomic E-state index is 10.3. The van der Waals surface area contributed by atoms with Crippen LogP contribution in [0.25, 0.3) is 0 Å². The van der Waals surface area contributed by atoms with E-state index in [2.05, 4.69) is 10.9 Å². The highest BCUT2D eigenvalue weighted by Gasteiger charge is 1.96. The highest BCUT2D eigenvalue weighted by atomic mass is 32.2. The van der Waals surface area contributed by atoms with Gasteiger partial charge in [0.05, 0.1) is 0 Å². The zero-order valence-corrected chi connectivity index (χ0v) is 9.07. The van der Waals surface area contributed by atoms with Crippen molar-refractivity contribution in [3.63, 3.8) is 0 Å². The highest BCUT2D eigenvalue weighted by Crippen LogP contribution is 1.88. The summed E-state index contributed by atoms with van der Waals surface area (Å²) in [5.74, 6) is -0.802. The SMILES string of the molecule is C=C(C)C(=O)N=S(=O)=O.c1ccccc1. The number of hydrogen-bond donors (Lipinski definition) is 0. The quantitative estimate of drug-likeness (QED) is 0.685. The molecule has 0 spiro atoms. The molecular formula is C10H11NO3S. The molecule has 0 unspecified atom stereocenters. The second kappa shape index (κ2) is 7.64. The molecule has 5 heteroatoms. The van der Waals surface area contributed by atoms with Gasteiger partial charge in [-0.15, -0.1) is 0 Å². The summed E-state index contributed by atoms with van der Waals surface area (Å²) in [6.07, 6.45) is 0. The fraction of sp³-hybridized carbons (Fsp3) is 0.100. The molecule has 1 rings (SSSR count). The van der Waals surface area contributed by atoms with Crippen LogP contribution in [0.5, 0.6) is 0 Å². The Kier molecular flexibility index (Phi) is 6.74. The molecule has 0 aliphatic carbocycles. The van der Waals surface area contributed by atoms with Crippen molar-refractivity contribution in [3.05, 3.63) is 48.6 Å². The number of hydrogen-bond acceptors (Lipinski definition) is 3. The maximum absolute atomic E-state index is 10.3. The Balaban J connectivity index is 0.000000280. The van der Waals surface area contributed by atoms with Gasteiger partial charge < -0.3 is 0 Å². The number of carbonyl (C=O) groups excluding carboxylic acids is 1. The molecule has 0 N–H and O–H groups in total. The minimum atomic E-state index is -2.65. The van der Waals surface area contributed by atoms with Gasteiger partial charge >= 0.3 is 10.5 Å². The highest BCUT2D eigenvalue weighted by molar-refractivity contribution is 7.62. The van der Waals surface area contributed by atoms with Crippen LogP contribution in [0.2, 0.25) is 0 Å². The van der Waals surface area contributed by atoms with Gasteiger partial charge in [0.25, 0.3) is 5.91 Å². The molecule has 0 fully saturated rings. The zero-order valence-electron chi connectivity index (χ0n) is 8.25. The number of nitrogens with zero attached hydrogens (tertiary/aromatic N) is 1. The fourth-order valence-electron chi connectivity index (χ4n) is 0.531. The molecule has 0 saturated heterocycles. The Morgan fingerprint density at radius 1 is 1.07 bits per heavy atom. The molecule has 0 aliphatic rings. The van der Waals surface area contributed by atoms with Crippen molar-refractivity contribution in [1.82, 2.24) is 0 Å². The lowest BCUT2D eigenvalue weighted by Gasteiger charge is -1.80. The minimum Gasteiger partial charge on any atom is -0.266 e. The van der Waals surface area contributed by atoms with E-state index in [4.69, 9.17) is 0 Å². The van der Waals surface area contributed by atoms with E-state index in [9.17, 15) is 13.2 Å². The molecule has 1 aromatic carbocycles. The summed E-state index contributed by atoms with van der Waals surface area (Å²) < 4.78 is 22.0. The monoisotopic (exact) mass is 225 g/mol. The van der Waals surface area contributed by atoms with Crippen molar-refractivity contribution >= 4 is 16.4 Å². The minimum absolute atomic E-state index is 0.110. The van der Waals surface area contributed by atoms with Crippen molar-refractivity contribution in [3.8, 4) is 0 Å². The van der Waals surface area contributed by atoms with Gasteiger partial charge in [-0.2, -0.15) is 8.42 Å². The van der Waals surface area contributed by atoms with E-state index in [0.717, 1.165) is 0 Å². The van der Waals surface area contributed by atoms with E-state index in [0.29, 0.717) is 0 Å². The fourth-order valence-corrected chi connectivity index (χ4v) is 0.822. The first kappa shape index (κ1) is 13.2. The zero-order chi connectivity index (χ0) is 11.7. The van der Waals surface area contributed by atoms with E-state index in [-0.39, 0.29) is 5.57 Å². The van der Waals surface area contributed by atoms with Crippen molar-refractivity contribution < 1.29 is 13.2 Å².